The Bertz CT molecular complexity index is 1170. The summed E-state index contributed by atoms with van der Waals surface area (Å²) in [6.07, 6.45) is 3.86. The van der Waals surface area contributed by atoms with Crippen LogP contribution in [0.1, 0.15) is 6.92 Å². The second-order valence-electron chi connectivity index (χ2n) is 7.38. The summed E-state index contributed by atoms with van der Waals surface area (Å²) in [6.45, 7) is 6.75. The van der Waals surface area contributed by atoms with Crippen LogP contribution in [-0.4, -0.2) is 57.6 Å². The van der Waals surface area contributed by atoms with E-state index in [2.05, 4.69) is 51.8 Å². The molecule has 2 N–H and O–H groups in total. The van der Waals surface area contributed by atoms with Crippen LogP contribution in [0, 0.1) is 0 Å². The highest BCUT2D eigenvalue weighted by Gasteiger charge is 2.22. The molecule has 1 aliphatic rings. The third-order valence-corrected chi connectivity index (χ3v) is 5.61. The van der Waals surface area contributed by atoms with Crippen molar-refractivity contribution < 1.29 is 0 Å². The summed E-state index contributed by atoms with van der Waals surface area (Å²) < 4.78 is 3.89. The highest BCUT2D eigenvalue weighted by molar-refractivity contribution is 5.90. The molecule has 30 heavy (non-hydrogen) atoms. The van der Waals surface area contributed by atoms with Gasteiger partial charge in [0.2, 0.25) is 0 Å². The maximum absolute atomic E-state index is 5.06. The molecular weight excluding hydrogens is 376 g/mol. The van der Waals surface area contributed by atoms with E-state index in [0.717, 1.165) is 72.4 Å². The fourth-order valence-corrected chi connectivity index (χ4v) is 4.05. The van der Waals surface area contributed by atoms with E-state index in [1.165, 1.54) is 0 Å². The number of fused-ring (bicyclic) bond motifs is 1. The minimum absolute atomic E-state index is 0.785. The minimum atomic E-state index is 0.785. The van der Waals surface area contributed by atoms with Crippen molar-refractivity contribution >= 4 is 17.2 Å². The van der Waals surface area contributed by atoms with Gasteiger partial charge < -0.3 is 15.5 Å². The van der Waals surface area contributed by atoms with Gasteiger partial charge in [-0.2, -0.15) is 10.2 Å². The number of anilines is 2. The Balaban J connectivity index is 1.73. The topological polar surface area (TPSA) is 75.3 Å². The Hall–Kier alpha value is -3.39. The predicted molar refractivity (Wildman–Crippen MR) is 120 cm³/mol. The molecule has 1 saturated heterocycles. The third-order valence-electron chi connectivity index (χ3n) is 5.61. The van der Waals surface area contributed by atoms with Crippen LogP contribution in [0.4, 0.5) is 11.5 Å². The van der Waals surface area contributed by atoms with Gasteiger partial charge in [-0.25, -0.2) is 9.50 Å². The van der Waals surface area contributed by atoms with Crippen LogP contribution in [0.15, 0.2) is 48.8 Å². The van der Waals surface area contributed by atoms with Crippen molar-refractivity contribution in [2.24, 2.45) is 0 Å². The van der Waals surface area contributed by atoms with E-state index >= 15 is 0 Å². The molecule has 0 atom stereocenters. The van der Waals surface area contributed by atoms with Crippen LogP contribution in [0.3, 0.4) is 0 Å². The number of hydrogen-bond acceptors (Lipinski definition) is 6. The number of nitrogens with zero attached hydrogens (tertiary/aromatic N) is 6. The largest absolute Gasteiger partial charge is 0.388 e. The van der Waals surface area contributed by atoms with Crippen molar-refractivity contribution in [3.8, 4) is 22.5 Å². The lowest BCUT2D eigenvalue weighted by Gasteiger charge is -2.28. The van der Waals surface area contributed by atoms with Gasteiger partial charge in [-0.3, -0.25) is 4.68 Å². The lowest BCUT2D eigenvalue weighted by atomic mass is 10.0. The molecule has 8 nitrogen and oxygen atoms in total. The van der Waals surface area contributed by atoms with Gasteiger partial charge >= 0.3 is 0 Å². The first-order valence-electron chi connectivity index (χ1n) is 10.4. The van der Waals surface area contributed by atoms with E-state index in [1.807, 2.05) is 40.8 Å². The zero-order chi connectivity index (χ0) is 20.5. The Morgan fingerprint density at radius 1 is 1.13 bits per heavy atom. The first-order chi connectivity index (χ1) is 14.8. The molecule has 3 aromatic heterocycles. The van der Waals surface area contributed by atoms with Gasteiger partial charge in [0.25, 0.3) is 0 Å². The number of aromatic nitrogens is 5. The molecule has 0 spiro atoms. The molecule has 0 saturated carbocycles. The Kier molecular flexibility index (Phi) is 4.84. The van der Waals surface area contributed by atoms with E-state index < -0.39 is 0 Å². The van der Waals surface area contributed by atoms with E-state index in [-0.39, 0.29) is 0 Å². The summed E-state index contributed by atoms with van der Waals surface area (Å²) in [7, 11) is 1.93. The lowest BCUT2D eigenvalue weighted by molar-refractivity contribution is 0.585. The second-order valence-corrected chi connectivity index (χ2v) is 7.38. The summed E-state index contributed by atoms with van der Waals surface area (Å²) in [5.41, 5.74) is 5.91. The maximum atomic E-state index is 5.06. The molecule has 4 aromatic rings. The molecule has 0 radical (unpaired) electrons. The number of hydrogen-bond donors (Lipinski definition) is 2. The molecule has 0 bridgehead atoms. The maximum Gasteiger partial charge on any atom is 0.167 e. The molecule has 1 aromatic carbocycles. The van der Waals surface area contributed by atoms with Crippen molar-refractivity contribution in [1.82, 2.24) is 29.7 Å². The Morgan fingerprint density at radius 3 is 2.80 bits per heavy atom. The van der Waals surface area contributed by atoms with Crippen molar-refractivity contribution in [2.75, 3.05) is 43.4 Å². The first kappa shape index (κ1) is 18.6. The number of piperazine rings is 1. The van der Waals surface area contributed by atoms with Crippen LogP contribution in [0.25, 0.3) is 28.2 Å². The van der Waals surface area contributed by atoms with Crippen LogP contribution in [-0.2, 0) is 6.54 Å². The van der Waals surface area contributed by atoms with Crippen LogP contribution < -0.4 is 15.5 Å². The van der Waals surface area contributed by atoms with Crippen LogP contribution in [0.2, 0.25) is 0 Å². The first-order valence-corrected chi connectivity index (χ1v) is 10.4. The standard InChI is InChI=1S/C22H26N8/c1-3-29-18(7-9-25-29)20-21(16-5-4-6-17(15-16)23-2)27-30-12-8-19(26-22(20)30)28-13-10-24-11-14-28/h4-9,12,15,23-24H,3,10-11,13-14H2,1-2H3. The van der Waals surface area contributed by atoms with Gasteiger partial charge in [0, 0.05) is 63.4 Å². The fourth-order valence-electron chi connectivity index (χ4n) is 4.05. The van der Waals surface area contributed by atoms with Gasteiger partial charge in [-0.1, -0.05) is 12.1 Å². The molecule has 1 fully saturated rings. The molecule has 0 aliphatic carbocycles. The van der Waals surface area contributed by atoms with Crippen molar-refractivity contribution in [1.29, 1.82) is 0 Å². The van der Waals surface area contributed by atoms with E-state index in [9.17, 15) is 0 Å². The van der Waals surface area contributed by atoms with Crippen molar-refractivity contribution in [3.63, 3.8) is 0 Å². The number of nitrogens with one attached hydrogen (secondary N) is 2. The minimum Gasteiger partial charge on any atom is -0.388 e. The summed E-state index contributed by atoms with van der Waals surface area (Å²) in [4.78, 5) is 7.39. The Morgan fingerprint density at radius 2 is 2.00 bits per heavy atom. The molecule has 154 valence electrons. The molecule has 1 aliphatic heterocycles. The van der Waals surface area contributed by atoms with Crippen LogP contribution in [0.5, 0.6) is 0 Å². The molecule has 0 unspecified atom stereocenters. The zero-order valence-electron chi connectivity index (χ0n) is 17.3. The van der Waals surface area contributed by atoms with Crippen molar-refractivity contribution in [3.05, 3.63) is 48.8 Å². The van der Waals surface area contributed by atoms with E-state index in [4.69, 9.17) is 10.1 Å². The summed E-state index contributed by atoms with van der Waals surface area (Å²) >= 11 is 0. The highest BCUT2D eigenvalue weighted by Crippen LogP contribution is 2.35. The van der Waals surface area contributed by atoms with E-state index in [0.29, 0.717) is 0 Å². The van der Waals surface area contributed by atoms with Gasteiger partial charge in [0.05, 0.1) is 11.3 Å². The highest BCUT2D eigenvalue weighted by atomic mass is 15.3. The average molecular weight is 403 g/mol. The normalized spacial score (nSPS) is 14.4. The fraction of sp³-hybridized carbons (Fsp3) is 0.318. The predicted octanol–water partition coefficient (Wildman–Crippen LogP) is 2.73. The summed E-state index contributed by atoms with van der Waals surface area (Å²) in [5, 5.41) is 16.1. The zero-order valence-corrected chi connectivity index (χ0v) is 17.3. The van der Waals surface area contributed by atoms with Gasteiger partial charge in [0.1, 0.15) is 11.5 Å². The third kappa shape index (κ3) is 3.19. The molecule has 8 heteroatoms. The Labute approximate surface area is 175 Å². The van der Waals surface area contributed by atoms with Gasteiger partial charge in [-0.05, 0) is 31.2 Å². The summed E-state index contributed by atoms with van der Waals surface area (Å²) in [5.74, 6) is 0.989. The van der Waals surface area contributed by atoms with Crippen LogP contribution >= 0.6 is 0 Å². The number of rotatable bonds is 5. The average Bonchev–Trinajstić information content (AvgIpc) is 3.43. The number of aryl methyl sites for hydroxylation is 1. The van der Waals surface area contributed by atoms with Gasteiger partial charge in [-0.15, -0.1) is 0 Å². The number of benzene rings is 1. The van der Waals surface area contributed by atoms with Crippen molar-refractivity contribution in [2.45, 2.75) is 13.5 Å². The van der Waals surface area contributed by atoms with Gasteiger partial charge in [0.15, 0.2) is 5.65 Å². The molecule has 5 rings (SSSR count). The molecular formula is C22H26N8. The molecule has 4 heterocycles. The molecule has 0 amide bonds. The lowest BCUT2D eigenvalue weighted by Crippen LogP contribution is -2.43. The smallest absolute Gasteiger partial charge is 0.167 e. The SMILES string of the molecule is CCn1nccc1-c1c(-c2cccc(NC)c2)nn2ccc(N3CCNCC3)nc12. The quantitative estimate of drug-likeness (QED) is 0.535. The second kappa shape index (κ2) is 7.79. The monoisotopic (exact) mass is 402 g/mol. The summed E-state index contributed by atoms with van der Waals surface area (Å²) in [6, 6.07) is 12.4. The van der Waals surface area contributed by atoms with E-state index in [1.54, 1.807) is 0 Å².